The Morgan fingerprint density at radius 1 is 0.534 bits per heavy atom. The van der Waals surface area contributed by atoms with Gasteiger partial charge in [-0.05, 0) is 64.9 Å². The molecule has 8 rings (SSSR count). The maximum Gasteiger partial charge on any atom is 0.489 e. The van der Waals surface area contributed by atoms with E-state index < -0.39 is 7.12 Å². The van der Waals surface area contributed by atoms with E-state index in [1.54, 1.807) is 24.3 Å². The van der Waals surface area contributed by atoms with E-state index >= 15 is 0 Å². The fraction of sp³-hybridized carbons (Fsp3) is 0.250. The smallest absolute Gasteiger partial charge is 0.423 e. The lowest BCUT2D eigenvalue weighted by atomic mass is 9.80. The minimum Gasteiger partial charge on any atom is -0.423 e. The van der Waals surface area contributed by atoms with Crippen molar-refractivity contribution in [1.82, 2.24) is 20.4 Å². The number of rotatable bonds is 10. The molecule has 10 heteroatoms. The first kappa shape index (κ1) is 43.8. The predicted molar refractivity (Wildman–Crippen MR) is 247 cm³/mol. The number of piperazine rings is 2. The normalized spacial score (nSPS) is 17.0. The van der Waals surface area contributed by atoms with Crippen LogP contribution in [0.3, 0.4) is 0 Å². The van der Waals surface area contributed by atoms with Crippen LogP contribution in [-0.4, -0.2) is 78.3 Å². The van der Waals surface area contributed by atoms with Crippen LogP contribution in [0.15, 0.2) is 162 Å². The molecule has 2 heterocycles. The Hall–Kier alpha value is -3.80. The molecular weight excluding hydrogens is 826 g/mol. The Morgan fingerprint density at radius 3 is 1.45 bits per heavy atom. The van der Waals surface area contributed by atoms with Gasteiger partial charge in [0.1, 0.15) is 0 Å². The number of nitrogens with one attached hydrogen (secondary N) is 2. The van der Waals surface area contributed by atoms with E-state index in [-0.39, 0.29) is 0 Å². The molecular formula is C48H52BBrCl2N4O2. The Kier molecular flexibility index (Phi) is 17.4. The van der Waals surface area contributed by atoms with E-state index in [9.17, 15) is 0 Å². The summed E-state index contributed by atoms with van der Waals surface area (Å²) in [5, 5.41) is 25.8. The number of hydrogen-bond acceptors (Lipinski definition) is 6. The van der Waals surface area contributed by atoms with E-state index in [1.165, 1.54) is 27.8 Å². The Morgan fingerprint density at radius 2 is 0.983 bits per heavy atom. The van der Waals surface area contributed by atoms with Gasteiger partial charge in [-0.2, -0.15) is 0 Å². The van der Waals surface area contributed by atoms with Gasteiger partial charge in [0.15, 0.2) is 0 Å². The quantitative estimate of drug-likeness (QED) is 0.104. The molecule has 2 aliphatic rings. The average Bonchev–Trinajstić information content (AvgIpc) is 3.24. The van der Waals surface area contributed by atoms with Crippen molar-refractivity contribution in [2.75, 3.05) is 39.3 Å². The highest BCUT2D eigenvalue weighted by atomic mass is 79.9. The molecule has 2 saturated heterocycles. The van der Waals surface area contributed by atoms with Crippen molar-refractivity contribution in [3.63, 3.8) is 0 Å². The minimum atomic E-state index is -1.48. The SMILES string of the molecule is Brc1ccc(CN2CCN[C@H](Cc3ccccc3)C2)cc1.Clc1ccccc1-c1ccc(CN2CCN[C@H](Cc3ccccc3)C2)cc1.OB(O)c1ccccc1Cl. The predicted octanol–water partition coefficient (Wildman–Crippen LogP) is 8.51. The first-order valence-electron chi connectivity index (χ1n) is 20.0. The molecule has 0 radical (unpaired) electrons. The molecule has 0 unspecified atom stereocenters. The van der Waals surface area contributed by atoms with Gasteiger partial charge in [0.2, 0.25) is 0 Å². The highest BCUT2D eigenvalue weighted by molar-refractivity contribution is 9.10. The Bertz CT molecular complexity index is 2100. The van der Waals surface area contributed by atoms with Crippen LogP contribution in [0.5, 0.6) is 0 Å². The van der Waals surface area contributed by atoms with Gasteiger partial charge in [0, 0.05) is 90.0 Å². The van der Waals surface area contributed by atoms with Crippen molar-refractivity contribution < 1.29 is 10.0 Å². The van der Waals surface area contributed by atoms with Crippen LogP contribution in [0, 0.1) is 0 Å². The molecule has 2 atom stereocenters. The summed E-state index contributed by atoms with van der Waals surface area (Å²) in [5.41, 5.74) is 8.16. The highest BCUT2D eigenvalue weighted by Crippen LogP contribution is 2.28. The van der Waals surface area contributed by atoms with Crippen molar-refractivity contribution >= 4 is 51.7 Å². The molecule has 0 aliphatic carbocycles. The van der Waals surface area contributed by atoms with Crippen LogP contribution in [0.4, 0.5) is 0 Å². The fourth-order valence-corrected chi connectivity index (χ4v) is 8.16. The maximum atomic E-state index is 8.68. The third-order valence-electron chi connectivity index (χ3n) is 10.4. The molecule has 0 bridgehead atoms. The minimum absolute atomic E-state index is 0.337. The van der Waals surface area contributed by atoms with Gasteiger partial charge in [-0.25, -0.2) is 0 Å². The van der Waals surface area contributed by atoms with Gasteiger partial charge in [0.05, 0.1) is 0 Å². The second-order valence-electron chi connectivity index (χ2n) is 14.9. The van der Waals surface area contributed by atoms with Gasteiger partial charge < -0.3 is 20.7 Å². The topological polar surface area (TPSA) is 71.0 Å². The number of halogens is 3. The van der Waals surface area contributed by atoms with Gasteiger partial charge in [0.25, 0.3) is 0 Å². The molecule has 6 nitrogen and oxygen atoms in total. The molecule has 6 aromatic carbocycles. The van der Waals surface area contributed by atoms with Crippen molar-refractivity contribution in [2.45, 2.75) is 38.0 Å². The number of hydrogen-bond donors (Lipinski definition) is 4. The highest BCUT2D eigenvalue weighted by Gasteiger charge is 2.21. The van der Waals surface area contributed by atoms with Gasteiger partial charge >= 0.3 is 7.12 Å². The number of benzene rings is 6. The summed E-state index contributed by atoms with van der Waals surface area (Å²) in [6, 6.07) is 54.7. The zero-order valence-corrected chi connectivity index (χ0v) is 35.8. The van der Waals surface area contributed by atoms with Gasteiger partial charge in [-0.3, -0.25) is 9.80 Å². The van der Waals surface area contributed by atoms with E-state index in [0.29, 0.717) is 22.6 Å². The fourth-order valence-electron chi connectivity index (χ4n) is 7.42. The molecule has 2 aliphatic heterocycles. The monoisotopic (exact) mass is 876 g/mol. The van der Waals surface area contributed by atoms with Crippen LogP contribution in [0.25, 0.3) is 11.1 Å². The van der Waals surface area contributed by atoms with Crippen LogP contribution in [0.2, 0.25) is 10.0 Å². The van der Waals surface area contributed by atoms with Gasteiger partial charge in [-0.15, -0.1) is 0 Å². The summed E-state index contributed by atoms with van der Waals surface area (Å²) in [7, 11) is -1.48. The first-order chi connectivity index (χ1) is 28.3. The van der Waals surface area contributed by atoms with Crippen molar-refractivity contribution in [1.29, 1.82) is 0 Å². The largest absolute Gasteiger partial charge is 0.489 e. The molecule has 58 heavy (non-hydrogen) atoms. The summed E-state index contributed by atoms with van der Waals surface area (Å²) in [6.45, 7) is 8.59. The lowest BCUT2D eigenvalue weighted by Crippen LogP contribution is -2.51. The second-order valence-corrected chi connectivity index (χ2v) is 16.6. The van der Waals surface area contributed by atoms with Crippen LogP contribution in [0.1, 0.15) is 22.3 Å². The molecule has 4 N–H and O–H groups in total. The summed E-state index contributed by atoms with van der Waals surface area (Å²) < 4.78 is 1.15. The lowest BCUT2D eigenvalue weighted by molar-refractivity contribution is 0.192. The van der Waals surface area contributed by atoms with E-state index in [4.69, 9.17) is 33.2 Å². The molecule has 0 saturated carbocycles. The standard InChI is InChI=1S/C24H25ClN2.C18H21BrN2.C6H6BClO2/c25-24-9-5-4-8-23(24)21-12-10-20(11-13-21)17-27-15-14-26-22(18-27)16-19-6-2-1-3-7-19;19-17-8-6-16(7-9-17)13-21-11-10-20-18(14-21)12-15-4-2-1-3-5-15;8-6-4-2-1-3-5(6)7(9)10/h1-13,22,26H,14-18H2;1-9,18,20H,10-14H2;1-4,9-10H/t22-;18-;/m11./s1. The molecule has 300 valence electrons. The third-order valence-corrected chi connectivity index (χ3v) is 11.6. The molecule has 6 aromatic rings. The van der Waals surface area contributed by atoms with E-state index in [2.05, 4.69) is 152 Å². The molecule has 0 amide bonds. The van der Waals surface area contributed by atoms with Crippen LogP contribution >= 0.6 is 39.1 Å². The second kappa shape index (κ2) is 23.1. The first-order valence-corrected chi connectivity index (χ1v) is 21.5. The van der Waals surface area contributed by atoms with E-state index in [1.807, 2.05) is 18.2 Å². The summed E-state index contributed by atoms with van der Waals surface area (Å²) >= 11 is 15.4. The van der Waals surface area contributed by atoms with Crippen molar-refractivity contribution in [3.05, 3.63) is 194 Å². The molecule has 0 aromatic heterocycles. The molecule has 0 spiro atoms. The summed E-state index contributed by atoms with van der Waals surface area (Å²) in [5.74, 6) is 0. The average molecular weight is 879 g/mol. The Labute approximate surface area is 363 Å². The van der Waals surface area contributed by atoms with Crippen molar-refractivity contribution in [2.24, 2.45) is 0 Å². The maximum absolute atomic E-state index is 8.68. The van der Waals surface area contributed by atoms with Crippen LogP contribution < -0.4 is 16.1 Å². The van der Waals surface area contributed by atoms with Gasteiger partial charge in [-0.1, -0.05) is 173 Å². The van der Waals surface area contributed by atoms with Crippen molar-refractivity contribution in [3.8, 4) is 11.1 Å². The Balaban J connectivity index is 0.000000162. The number of nitrogens with zero attached hydrogens (tertiary/aromatic N) is 2. The lowest BCUT2D eigenvalue weighted by Gasteiger charge is -2.34. The zero-order valence-electron chi connectivity index (χ0n) is 32.7. The van der Waals surface area contributed by atoms with E-state index in [0.717, 1.165) is 80.3 Å². The molecule has 2 fully saturated rings. The zero-order chi connectivity index (χ0) is 40.5. The van der Waals surface area contributed by atoms with Crippen LogP contribution in [-0.2, 0) is 25.9 Å². The summed E-state index contributed by atoms with van der Waals surface area (Å²) in [4.78, 5) is 5.10. The third kappa shape index (κ3) is 14.2. The summed E-state index contributed by atoms with van der Waals surface area (Å²) in [6.07, 6.45) is 2.19.